The molecule has 0 saturated carbocycles. The van der Waals surface area contributed by atoms with Crippen molar-refractivity contribution in [3.05, 3.63) is 174 Å². The number of fused-ring (bicyclic) bond motifs is 2. The van der Waals surface area contributed by atoms with Crippen LogP contribution in [0, 0.1) is 5.92 Å². The fourth-order valence-corrected chi connectivity index (χ4v) is 10.0. The Morgan fingerprint density at radius 1 is 0.697 bits per heavy atom. The molecule has 0 radical (unpaired) electrons. The standard InChI is InChI=1S/C17H20N2S.C15H15NO2S.C14H23NO.C8H9NO2/c1-13(18(2)3)12-19-14-8-4-6-10-16(14)20-17-11-7-5-9-15(17)19;16-14(17)11-19(18)15(12-7-3-1-4-8-12)13-9-5-2-6-10-13;1-5-14(11(2)10-15(3)4)12-7-6-8-13(16)9-12;1-6(10)9-7-2-4-8(11)5-3-7/h4-11,13H,12H2,1-3H3;1-10,15H,11H2,(H2,16,17);6-9,11,14,16H,5,10H2,1-4H3;2-5,11H,1H3,(H,9,10)/t;;11-,14+;/m..0./s1. The van der Waals surface area contributed by atoms with Crippen LogP contribution >= 0.6 is 11.8 Å². The number of hydrogen-bond acceptors (Lipinski definition) is 9. The second-order valence-corrected chi connectivity index (χ2v) is 19.3. The molecule has 2 unspecified atom stereocenters. The maximum atomic E-state index is 12.4. The van der Waals surface area contributed by atoms with Crippen molar-refractivity contribution < 1.29 is 24.0 Å². The van der Waals surface area contributed by atoms with E-state index < -0.39 is 16.7 Å². The number of amides is 2. The highest BCUT2D eigenvalue weighted by molar-refractivity contribution is 7.99. The van der Waals surface area contributed by atoms with Gasteiger partial charge in [0.15, 0.2) is 0 Å². The molecule has 1 aliphatic rings. The number of nitrogens with one attached hydrogen (secondary N) is 1. The second-order valence-electron chi connectivity index (χ2n) is 16.7. The van der Waals surface area contributed by atoms with Crippen LogP contribution in [0.25, 0.3) is 0 Å². The van der Waals surface area contributed by atoms with E-state index in [4.69, 9.17) is 10.8 Å². The van der Waals surface area contributed by atoms with Gasteiger partial charge < -0.3 is 36.0 Å². The molecule has 7 rings (SSSR count). The van der Waals surface area contributed by atoms with E-state index in [-0.39, 0.29) is 22.7 Å². The van der Waals surface area contributed by atoms with Crippen LogP contribution in [-0.2, 0) is 20.4 Å². The molecule has 0 fully saturated rings. The monoisotopic (exact) mass is 929 g/mol. The highest BCUT2D eigenvalue weighted by Crippen LogP contribution is 2.48. The Kier molecular flexibility index (Phi) is 21.5. The van der Waals surface area contributed by atoms with Crippen LogP contribution in [0.3, 0.4) is 0 Å². The van der Waals surface area contributed by atoms with Crippen molar-refractivity contribution in [1.82, 2.24) is 9.80 Å². The van der Waals surface area contributed by atoms with E-state index in [1.807, 2.05) is 84.6 Å². The Balaban J connectivity index is 0.000000196. The molecular formula is C54H67N5O5S2. The highest BCUT2D eigenvalue weighted by Gasteiger charge is 2.25. The summed E-state index contributed by atoms with van der Waals surface area (Å²) in [6.07, 6.45) is 1.11. The van der Waals surface area contributed by atoms with E-state index in [0.29, 0.717) is 29.3 Å². The third-order valence-electron chi connectivity index (χ3n) is 10.9. The molecule has 0 bridgehead atoms. The predicted molar refractivity (Wildman–Crippen MR) is 275 cm³/mol. The van der Waals surface area contributed by atoms with Crippen molar-refractivity contribution in [1.29, 1.82) is 0 Å². The zero-order valence-corrected chi connectivity index (χ0v) is 41.1. The summed E-state index contributed by atoms with van der Waals surface area (Å²) in [6.45, 7) is 10.3. The Labute approximate surface area is 399 Å². The van der Waals surface area contributed by atoms with Gasteiger partial charge in [-0.2, -0.15) is 0 Å². The van der Waals surface area contributed by atoms with Gasteiger partial charge in [0.1, 0.15) is 17.3 Å². The van der Waals surface area contributed by atoms with Crippen LogP contribution in [0.15, 0.2) is 168 Å². The van der Waals surface area contributed by atoms with Crippen LogP contribution in [0.2, 0.25) is 0 Å². The lowest BCUT2D eigenvalue weighted by atomic mass is 9.85. The van der Waals surface area contributed by atoms with Gasteiger partial charge in [-0.1, -0.05) is 123 Å². The van der Waals surface area contributed by atoms with Gasteiger partial charge in [0.25, 0.3) is 0 Å². The minimum absolute atomic E-state index is 0.115. The summed E-state index contributed by atoms with van der Waals surface area (Å²) in [6, 6.07) is 50.9. The highest BCUT2D eigenvalue weighted by atomic mass is 32.2. The number of aromatic hydroxyl groups is 2. The van der Waals surface area contributed by atoms with E-state index in [9.17, 15) is 18.9 Å². The van der Waals surface area contributed by atoms with E-state index in [1.165, 1.54) is 45.8 Å². The number of nitrogens with zero attached hydrogens (tertiary/aromatic N) is 3. The zero-order chi connectivity index (χ0) is 48.2. The van der Waals surface area contributed by atoms with Gasteiger partial charge in [-0.25, -0.2) is 0 Å². The van der Waals surface area contributed by atoms with Crippen molar-refractivity contribution in [2.24, 2.45) is 11.7 Å². The van der Waals surface area contributed by atoms with Crippen LogP contribution < -0.4 is 16.0 Å². The fraction of sp³-hybridized carbons (Fsp3) is 0.296. The number of phenolic OH excluding ortho intramolecular Hbond substituents is 2. The van der Waals surface area contributed by atoms with E-state index in [0.717, 1.165) is 30.6 Å². The third kappa shape index (κ3) is 16.8. The molecule has 1 aliphatic heterocycles. The number of para-hydroxylation sites is 2. The quantitative estimate of drug-likeness (QED) is 0.0786. The number of carbonyl (C=O) groups excluding carboxylic acids is 2. The van der Waals surface area contributed by atoms with Gasteiger partial charge in [0.2, 0.25) is 11.8 Å². The van der Waals surface area contributed by atoms with Crippen molar-refractivity contribution in [3.63, 3.8) is 0 Å². The first-order valence-electron chi connectivity index (χ1n) is 22.1. The summed E-state index contributed by atoms with van der Waals surface area (Å²) < 4.78 is 12.4. The van der Waals surface area contributed by atoms with Crippen molar-refractivity contribution in [2.75, 3.05) is 57.2 Å². The topological polar surface area (TPSA) is 139 Å². The maximum Gasteiger partial charge on any atom is 0.230 e. The number of phenols is 2. The van der Waals surface area contributed by atoms with E-state index in [1.54, 1.807) is 18.2 Å². The summed E-state index contributed by atoms with van der Waals surface area (Å²) in [7, 11) is 7.12. The molecule has 350 valence electrons. The van der Waals surface area contributed by atoms with Gasteiger partial charge in [-0.15, -0.1) is 0 Å². The summed E-state index contributed by atoms with van der Waals surface area (Å²) >= 11 is 1.87. The average Bonchev–Trinajstić information content (AvgIpc) is 3.28. The van der Waals surface area contributed by atoms with E-state index >= 15 is 0 Å². The Hall–Kier alpha value is -5.92. The molecule has 1 heterocycles. The Bertz CT molecular complexity index is 2330. The first-order valence-corrected chi connectivity index (χ1v) is 24.3. The van der Waals surface area contributed by atoms with Crippen LogP contribution in [0.1, 0.15) is 62.0 Å². The number of anilines is 3. The van der Waals surface area contributed by atoms with Gasteiger partial charge >= 0.3 is 0 Å². The smallest absolute Gasteiger partial charge is 0.230 e. The first-order chi connectivity index (χ1) is 31.6. The molecule has 10 nitrogen and oxygen atoms in total. The SMILES string of the molecule is CC(=O)Nc1ccc(O)cc1.CC(CN1c2ccccc2Sc2ccccc21)N(C)C.CC[C@@H](c1cccc(O)c1)[C@@H](C)CN(C)C.NC(=O)CS(=O)C(c1ccccc1)c1ccccc1. The number of likely N-dealkylation sites (N-methyl/N-ethyl adjacent to an activating group) is 1. The number of rotatable bonds is 14. The first kappa shape index (κ1) is 52.7. The minimum atomic E-state index is -1.36. The molecular weight excluding hydrogens is 863 g/mol. The normalized spacial score (nSPS) is 13.2. The molecule has 6 aromatic rings. The average molecular weight is 930 g/mol. The van der Waals surface area contributed by atoms with Crippen LogP contribution in [0.4, 0.5) is 17.1 Å². The van der Waals surface area contributed by atoms with Crippen molar-refractivity contribution in [3.8, 4) is 11.5 Å². The molecule has 12 heteroatoms. The Morgan fingerprint density at radius 2 is 1.20 bits per heavy atom. The van der Waals surface area contributed by atoms with Gasteiger partial charge in [0.05, 0.1) is 16.6 Å². The minimum Gasteiger partial charge on any atom is -0.508 e. The summed E-state index contributed by atoms with van der Waals surface area (Å²) in [5.74, 6) is 0.892. The molecule has 0 spiro atoms. The maximum absolute atomic E-state index is 12.4. The largest absolute Gasteiger partial charge is 0.508 e. The Morgan fingerprint density at radius 3 is 1.65 bits per heavy atom. The molecule has 66 heavy (non-hydrogen) atoms. The molecule has 0 aliphatic carbocycles. The van der Waals surface area contributed by atoms with Gasteiger partial charge in [-0.3, -0.25) is 13.8 Å². The lowest BCUT2D eigenvalue weighted by molar-refractivity contribution is -0.116. The number of carbonyl (C=O) groups is 2. The number of benzene rings is 6. The van der Waals surface area contributed by atoms with Gasteiger partial charge in [-0.05, 0) is 131 Å². The van der Waals surface area contributed by atoms with Crippen LogP contribution in [-0.4, -0.2) is 89.1 Å². The van der Waals surface area contributed by atoms with E-state index in [2.05, 4.69) is 124 Å². The lowest BCUT2D eigenvalue weighted by Gasteiger charge is -2.36. The van der Waals surface area contributed by atoms with Gasteiger partial charge in [0, 0.05) is 52.3 Å². The summed E-state index contributed by atoms with van der Waals surface area (Å²) in [5, 5.41) is 20.6. The third-order valence-corrected chi connectivity index (χ3v) is 13.6. The van der Waals surface area contributed by atoms with Crippen LogP contribution in [0.5, 0.6) is 11.5 Å². The summed E-state index contributed by atoms with van der Waals surface area (Å²) in [4.78, 5) is 31.2. The number of nitrogens with two attached hydrogens (primary N) is 1. The zero-order valence-electron chi connectivity index (χ0n) is 39.5. The number of hydrogen-bond donors (Lipinski definition) is 4. The molecule has 0 saturated heterocycles. The molecule has 6 aromatic carbocycles. The molecule has 4 atom stereocenters. The second kappa shape index (κ2) is 26.9. The van der Waals surface area contributed by atoms with Crippen molar-refractivity contribution >= 4 is 51.4 Å². The van der Waals surface area contributed by atoms with Crippen molar-refractivity contribution in [2.45, 2.75) is 61.1 Å². The number of primary amides is 1. The molecule has 5 N–H and O–H groups in total. The fourth-order valence-electron chi connectivity index (χ4n) is 7.55. The summed E-state index contributed by atoms with van der Waals surface area (Å²) in [5.41, 5.74) is 11.6. The molecule has 2 amide bonds. The molecule has 0 aromatic heterocycles. The lowest BCUT2D eigenvalue weighted by Crippen LogP contribution is -2.37. The predicted octanol–water partition coefficient (Wildman–Crippen LogP) is 10.7.